The fourth-order valence-corrected chi connectivity index (χ4v) is 2.62. The van der Waals surface area contributed by atoms with Crippen molar-refractivity contribution in [1.29, 1.82) is 0 Å². The molecule has 1 heterocycles. The lowest BCUT2D eigenvalue weighted by Gasteiger charge is -2.07. The third-order valence-corrected chi connectivity index (χ3v) is 4.26. The summed E-state index contributed by atoms with van der Waals surface area (Å²) in [5.74, 6) is 0. The average molecular weight is 326 g/mol. The smallest absolute Gasteiger partial charge is 0.344 e. The van der Waals surface area contributed by atoms with E-state index in [1.807, 2.05) is 12.1 Å². The summed E-state index contributed by atoms with van der Waals surface area (Å²) >= 11 is 18.1. The van der Waals surface area contributed by atoms with Gasteiger partial charge in [-0.25, -0.2) is 4.79 Å². The zero-order chi connectivity index (χ0) is 14.3. The van der Waals surface area contributed by atoms with E-state index in [2.05, 4.69) is 0 Å². The molecule has 0 radical (unpaired) electrons. The van der Waals surface area contributed by atoms with Crippen LogP contribution in [0.3, 0.4) is 0 Å². The van der Waals surface area contributed by atoms with Crippen LogP contribution in [0.5, 0.6) is 0 Å². The second-order valence-electron chi connectivity index (χ2n) is 4.21. The van der Waals surface area contributed by atoms with Crippen molar-refractivity contribution in [3.63, 3.8) is 0 Å². The highest BCUT2D eigenvalue weighted by atomic mass is 35.5. The predicted octanol–water partition coefficient (Wildman–Crippen LogP) is 5.42. The molecule has 0 saturated carbocycles. The van der Waals surface area contributed by atoms with Gasteiger partial charge in [-0.3, -0.25) is 0 Å². The van der Waals surface area contributed by atoms with Crippen LogP contribution in [0.4, 0.5) is 0 Å². The second-order valence-corrected chi connectivity index (χ2v) is 5.37. The molecule has 0 unspecified atom stereocenters. The molecule has 0 aliphatic carbocycles. The van der Waals surface area contributed by atoms with E-state index in [1.54, 1.807) is 30.3 Å². The molecule has 100 valence electrons. The minimum absolute atomic E-state index is 0.221. The molecule has 2 aromatic carbocycles. The Kier molecular flexibility index (Phi) is 3.47. The number of hydrogen-bond donors (Lipinski definition) is 0. The van der Waals surface area contributed by atoms with Crippen LogP contribution in [0.2, 0.25) is 15.1 Å². The van der Waals surface area contributed by atoms with Gasteiger partial charge in [-0.1, -0.05) is 59.1 Å². The number of rotatable bonds is 1. The second kappa shape index (κ2) is 5.13. The van der Waals surface area contributed by atoms with Gasteiger partial charge >= 0.3 is 5.63 Å². The van der Waals surface area contributed by atoms with Gasteiger partial charge in [0.15, 0.2) is 0 Å². The molecule has 0 amide bonds. The van der Waals surface area contributed by atoms with Crippen molar-refractivity contribution in [1.82, 2.24) is 0 Å². The highest BCUT2D eigenvalue weighted by Gasteiger charge is 2.14. The Morgan fingerprint density at radius 2 is 1.60 bits per heavy atom. The van der Waals surface area contributed by atoms with Gasteiger partial charge in [0.25, 0.3) is 0 Å². The standard InChI is InChI=1S/C15H7Cl3O2/c16-11-6-5-9(13(17)14(11)18)10-7-8-3-1-2-4-12(8)20-15(10)19/h1-7H. The van der Waals surface area contributed by atoms with Gasteiger partial charge in [0.05, 0.1) is 20.6 Å². The van der Waals surface area contributed by atoms with Gasteiger partial charge < -0.3 is 4.42 Å². The Morgan fingerprint density at radius 3 is 2.40 bits per heavy atom. The van der Waals surface area contributed by atoms with Gasteiger partial charge in [-0.15, -0.1) is 0 Å². The maximum Gasteiger partial charge on any atom is 0.344 e. The third-order valence-electron chi connectivity index (χ3n) is 2.97. The normalized spacial score (nSPS) is 10.9. The van der Waals surface area contributed by atoms with Crippen LogP contribution in [0.25, 0.3) is 22.1 Å². The lowest BCUT2D eigenvalue weighted by atomic mass is 10.1. The summed E-state index contributed by atoms with van der Waals surface area (Å²) < 4.78 is 5.28. The van der Waals surface area contributed by atoms with Crippen LogP contribution >= 0.6 is 34.8 Å². The molecule has 0 N–H and O–H groups in total. The maximum absolute atomic E-state index is 12.1. The molecule has 0 aliphatic heterocycles. The van der Waals surface area contributed by atoms with E-state index in [-0.39, 0.29) is 10.0 Å². The van der Waals surface area contributed by atoms with Crippen molar-refractivity contribution in [2.75, 3.05) is 0 Å². The van der Waals surface area contributed by atoms with Crippen LogP contribution in [0.1, 0.15) is 0 Å². The molecule has 2 nitrogen and oxygen atoms in total. The maximum atomic E-state index is 12.1. The van der Waals surface area contributed by atoms with Crippen molar-refractivity contribution in [2.45, 2.75) is 0 Å². The molecule has 1 aromatic heterocycles. The SMILES string of the molecule is O=c1oc2ccccc2cc1-c1ccc(Cl)c(Cl)c1Cl. The molecule has 3 aromatic rings. The molecule has 5 heteroatoms. The van der Waals surface area contributed by atoms with Crippen molar-refractivity contribution in [3.05, 3.63) is 68.0 Å². The summed E-state index contributed by atoms with van der Waals surface area (Å²) in [5.41, 5.74) is 0.911. The Labute approximate surface area is 129 Å². The molecule has 0 aliphatic rings. The van der Waals surface area contributed by atoms with Crippen LogP contribution in [-0.4, -0.2) is 0 Å². The van der Waals surface area contributed by atoms with Crippen molar-refractivity contribution in [2.24, 2.45) is 0 Å². The first-order valence-corrected chi connectivity index (χ1v) is 6.88. The first kappa shape index (κ1) is 13.5. The van der Waals surface area contributed by atoms with Crippen LogP contribution in [-0.2, 0) is 0 Å². The fourth-order valence-electron chi connectivity index (χ4n) is 1.98. The lowest BCUT2D eigenvalue weighted by molar-refractivity contribution is 0.563. The Morgan fingerprint density at radius 1 is 0.850 bits per heavy atom. The lowest BCUT2D eigenvalue weighted by Crippen LogP contribution is -2.03. The molecule has 0 atom stereocenters. The van der Waals surface area contributed by atoms with Crippen molar-refractivity contribution >= 4 is 45.8 Å². The third kappa shape index (κ3) is 2.20. The minimum Gasteiger partial charge on any atom is -0.422 e. The van der Waals surface area contributed by atoms with Crippen molar-refractivity contribution in [3.8, 4) is 11.1 Å². The number of para-hydroxylation sites is 1. The van der Waals surface area contributed by atoms with Crippen molar-refractivity contribution < 1.29 is 4.42 Å². The van der Waals surface area contributed by atoms with E-state index in [9.17, 15) is 4.79 Å². The largest absolute Gasteiger partial charge is 0.422 e. The number of fused-ring (bicyclic) bond motifs is 1. The van der Waals surface area contributed by atoms with E-state index >= 15 is 0 Å². The zero-order valence-electron chi connectivity index (χ0n) is 9.99. The van der Waals surface area contributed by atoms with Gasteiger partial charge in [-0.2, -0.15) is 0 Å². The summed E-state index contributed by atoms with van der Waals surface area (Å²) in [5, 5.41) is 1.61. The fraction of sp³-hybridized carbons (Fsp3) is 0. The summed E-state index contributed by atoms with van der Waals surface area (Å²) in [6.07, 6.45) is 0. The highest BCUT2D eigenvalue weighted by Crippen LogP contribution is 2.37. The molecule has 0 spiro atoms. The summed E-state index contributed by atoms with van der Waals surface area (Å²) in [6, 6.07) is 12.2. The highest BCUT2D eigenvalue weighted by molar-refractivity contribution is 6.49. The predicted molar refractivity (Wildman–Crippen MR) is 83.0 cm³/mol. The Bertz CT molecular complexity index is 869. The number of benzene rings is 2. The summed E-state index contributed by atoms with van der Waals surface area (Å²) in [6.45, 7) is 0. The van der Waals surface area contributed by atoms with Gasteiger partial charge in [-0.05, 0) is 18.2 Å². The molecule has 3 rings (SSSR count). The Balaban J connectivity index is 2.32. The van der Waals surface area contributed by atoms with E-state index in [4.69, 9.17) is 39.2 Å². The van der Waals surface area contributed by atoms with Crippen LogP contribution in [0.15, 0.2) is 51.7 Å². The molecule has 0 saturated heterocycles. The average Bonchev–Trinajstić information content (AvgIpc) is 2.45. The summed E-state index contributed by atoms with van der Waals surface area (Å²) in [7, 11) is 0. The molecule has 0 fully saturated rings. The molecule has 0 bridgehead atoms. The van der Waals surface area contributed by atoms with E-state index in [1.165, 1.54) is 0 Å². The topological polar surface area (TPSA) is 30.2 Å². The van der Waals surface area contributed by atoms with E-state index < -0.39 is 5.63 Å². The zero-order valence-corrected chi connectivity index (χ0v) is 12.3. The van der Waals surface area contributed by atoms with Gasteiger partial charge in [0, 0.05) is 10.9 Å². The van der Waals surface area contributed by atoms with Crippen LogP contribution in [0, 0.1) is 0 Å². The van der Waals surface area contributed by atoms with E-state index in [0.717, 1.165) is 5.39 Å². The first-order chi connectivity index (χ1) is 9.58. The number of halogens is 3. The van der Waals surface area contributed by atoms with Gasteiger partial charge in [0.1, 0.15) is 5.58 Å². The number of hydrogen-bond acceptors (Lipinski definition) is 2. The van der Waals surface area contributed by atoms with Crippen LogP contribution < -0.4 is 5.63 Å². The minimum atomic E-state index is -0.469. The first-order valence-electron chi connectivity index (χ1n) is 5.74. The Hall–Kier alpha value is -1.48. The monoisotopic (exact) mass is 324 g/mol. The molecule has 20 heavy (non-hydrogen) atoms. The summed E-state index contributed by atoms with van der Waals surface area (Å²) in [4.78, 5) is 12.1. The molecular formula is C15H7Cl3O2. The van der Waals surface area contributed by atoms with Gasteiger partial charge in [0.2, 0.25) is 0 Å². The molecular weight excluding hydrogens is 319 g/mol. The van der Waals surface area contributed by atoms with E-state index in [0.29, 0.717) is 21.7 Å². The quantitative estimate of drug-likeness (QED) is 0.442.